The Kier molecular flexibility index (Phi) is 6.85. The van der Waals surface area contributed by atoms with E-state index in [4.69, 9.17) is 10.5 Å². The molecule has 2 atom stereocenters. The van der Waals surface area contributed by atoms with Crippen LogP contribution in [0.1, 0.15) is 51.3 Å². The number of hydrogen-bond donors (Lipinski definition) is 2. The third kappa shape index (κ3) is 5.27. The van der Waals surface area contributed by atoms with Gasteiger partial charge in [-0.1, -0.05) is 26.8 Å². The lowest BCUT2D eigenvalue weighted by Crippen LogP contribution is -2.32. The molecule has 0 aliphatic heterocycles. The zero-order valence-electron chi connectivity index (χ0n) is 14.9. The molecule has 4 heteroatoms. The number of benzene rings is 1. The minimum atomic E-state index is -0.719. The van der Waals surface area contributed by atoms with Gasteiger partial charge in [0.2, 0.25) is 0 Å². The molecular weight excluding hydrogens is 276 g/mol. The van der Waals surface area contributed by atoms with Gasteiger partial charge in [0.15, 0.2) is 0 Å². The third-order valence-corrected chi connectivity index (χ3v) is 3.81. The maximum absolute atomic E-state index is 10.7. The summed E-state index contributed by atoms with van der Waals surface area (Å²) in [7, 11) is 4.01. The Labute approximate surface area is 135 Å². The van der Waals surface area contributed by atoms with Crippen molar-refractivity contribution in [2.45, 2.75) is 51.7 Å². The van der Waals surface area contributed by atoms with Crippen LogP contribution in [0.2, 0.25) is 0 Å². The van der Waals surface area contributed by atoms with Gasteiger partial charge >= 0.3 is 0 Å². The van der Waals surface area contributed by atoms with Crippen LogP contribution in [0.4, 0.5) is 0 Å². The number of nitrogens with zero attached hydrogens (tertiary/aromatic N) is 1. The molecule has 0 aromatic heterocycles. The Hall–Kier alpha value is -1.10. The van der Waals surface area contributed by atoms with Gasteiger partial charge in [0, 0.05) is 11.6 Å². The van der Waals surface area contributed by atoms with Crippen molar-refractivity contribution >= 4 is 0 Å². The van der Waals surface area contributed by atoms with Crippen LogP contribution >= 0.6 is 0 Å². The van der Waals surface area contributed by atoms with Gasteiger partial charge in [-0.05, 0) is 57.1 Å². The zero-order chi connectivity index (χ0) is 16.9. The molecule has 22 heavy (non-hydrogen) atoms. The standard InChI is InChI=1S/C18H32N2O2/c1-7-22-16-9-8-13(18(2,3)4)12-14(16)17(21)15(19)10-11-20(5)6/h8-9,12,15,17,21H,7,10-11,19H2,1-6H3. The predicted molar refractivity (Wildman–Crippen MR) is 92.4 cm³/mol. The van der Waals surface area contributed by atoms with Gasteiger partial charge in [-0.3, -0.25) is 0 Å². The number of aliphatic hydroxyl groups is 1. The third-order valence-electron chi connectivity index (χ3n) is 3.81. The molecule has 0 spiro atoms. The average Bonchev–Trinajstić information content (AvgIpc) is 2.43. The van der Waals surface area contributed by atoms with E-state index in [0.717, 1.165) is 24.3 Å². The number of nitrogens with two attached hydrogens (primary N) is 1. The molecule has 0 saturated carbocycles. The smallest absolute Gasteiger partial charge is 0.125 e. The first-order valence-corrected chi connectivity index (χ1v) is 8.02. The number of hydrogen-bond acceptors (Lipinski definition) is 4. The maximum Gasteiger partial charge on any atom is 0.125 e. The Morgan fingerprint density at radius 3 is 2.41 bits per heavy atom. The second-order valence-corrected chi connectivity index (χ2v) is 7.14. The Balaban J connectivity index is 3.06. The summed E-state index contributed by atoms with van der Waals surface area (Å²) in [5.74, 6) is 0.725. The molecule has 0 aliphatic carbocycles. The summed E-state index contributed by atoms with van der Waals surface area (Å²) in [6.45, 7) is 9.84. The summed E-state index contributed by atoms with van der Waals surface area (Å²) in [6, 6.07) is 5.73. The lowest BCUT2D eigenvalue weighted by molar-refractivity contribution is 0.133. The topological polar surface area (TPSA) is 58.7 Å². The van der Waals surface area contributed by atoms with Gasteiger partial charge < -0.3 is 20.5 Å². The molecule has 1 aromatic rings. The molecule has 1 rings (SSSR count). The molecule has 0 saturated heterocycles. The predicted octanol–water partition coefficient (Wildman–Crippen LogP) is 2.70. The van der Waals surface area contributed by atoms with Gasteiger partial charge in [-0.2, -0.15) is 0 Å². The van der Waals surface area contributed by atoms with Crippen molar-refractivity contribution in [1.29, 1.82) is 0 Å². The second-order valence-electron chi connectivity index (χ2n) is 7.14. The van der Waals surface area contributed by atoms with Crippen molar-refractivity contribution in [2.24, 2.45) is 5.73 Å². The van der Waals surface area contributed by atoms with E-state index in [2.05, 4.69) is 31.7 Å². The van der Waals surface area contributed by atoms with Gasteiger partial charge in [0.1, 0.15) is 5.75 Å². The van der Waals surface area contributed by atoms with Crippen LogP contribution in [0, 0.1) is 0 Å². The van der Waals surface area contributed by atoms with Gasteiger partial charge in [-0.25, -0.2) is 0 Å². The quantitative estimate of drug-likeness (QED) is 0.813. The molecule has 1 aromatic carbocycles. The van der Waals surface area contributed by atoms with E-state index in [1.54, 1.807) is 0 Å². The monoisotopic (exact) mass is 308 g/mol. The highest BCUT2D eigenvalue weighted by molar-refractivity contribution is 5.41. The van der Waals surface area contributed by atoms with Crippen LogP contribution in [-0.4, -0.2) is 43.3 Å². The molecule has 2 unspecified atom stereocenters. The van der Waals surface area contributed by atoms with E-state index < -0.39 is 6.10 Å². The normalized spacial score (nSPS) is 15.0. The van der Waals surface area contributed by atoms with E-state index in [1.165, 1.54) is 5.56 Å². The van der Waals surface area contributed by atoms with E-state index in [9.17, 15) is 5.11 Å². The molecule has 0 fully saturated rings. The largest absolute Gasteiger partial charge is 0.493 e. The fourth-order valence-corrected chi connectivity index (χ4v) is 2.33. The summed E-state index contributed by atoms with van der Waals surface area (Å²) < 4.78 is 5.68. The summed E-state index contributed by atoms with van der Waals surface area (Å²) in [4.78, 5) is 2.07. The first-order chi connectivity index (χ1) is 10.2. The van der Waals surface area contributed by atoms with E-state index >= 15 is 0 Å². The van der Waals surface area contributed by atoms with Crippen molar-refractivity contribution in [2.75, 3.05) is 27.2 Å². The van der Waals surface area contributed by atoms with Crippen molar-refractivity contribution in [1.82, 2.24) is 4.90 Å². The molecule has 0 bridgehead atoms. The van der Waals surface area contributed by atoms with Crippen molar-refractivity contribution < 1.29 is 9.84 Å². The minimum Gasteiger partial charge on any atom is -0.493 e. The molecule has 3 N–H and O–H groups in total. The summed E-state index contributed by atoms with van der Waals surface area (Å²) in [6.07, 6.45) is 0.0169. The molecule has 0 heterocycles. The minimum absolute atomic E-state index is 0.0208. The molecule has 4 nitrogen and oxygen atoms in total. The van der Waals surface area contributed by atoms with Crippen molar-refractivity contribution in [3.8, 4) is 5.75 Å². The number of aliphatic hydroxyl groups excluding tert-OH is 1. The highest BCUT2D eigenvalue weighted by Gasteiger charge is 2.23. The van der Waals surface area contributed by atoms with Crippen LogP contribution in [0.3, 0.4) is 0 Å². The van der Waals surface area contributed by atoms with Crippen LogP contribution in [0.15, 0.2) is 18.2 Å². The fraction of sp³-hybridized carbons (Fsp3) is 0.667. The lowest BCUT2D eigenvalue weighted by Gasteiger charge is -2.26. The van der Waals surface area contributed by atoms with Crippen molar-refractivity contribution in [3.05, 3.63) is 29.3 Å². The Bertz CT molecular complexity index is 467. The van der Waals surface area contributed by atoms with E-state index in [1.807, 2.05) is 33.2 Å². The fourth-order valence-electron chi connectivity index (χ4n) is 2.33. The van der Waals surface area contributed by atoms with Gasteiger partial charge in [0.25, 0.3) is 0 Å². The lowest BCUT2D eigenvalue weighted by atomic mass is 9.84. The van der Waals surface area contributed by atoms with Crippen LogP contribution < -0.4 is 10.5 Å². The summed E-state index contributed by atoms with van der Waals surface area (Å²) in [5, 5.41) is 10.7. The van der Waals surface area contributed by atoms with E-state index in [0.29, 0.717) is 6.61 Å². The highest BCUT2D eigenvalue weighted by Crippen LogP contribution is 2.33. The Morgan fingerprint density at radius 2 is 1.91 bits per heavy atom. The molecule has 0 aliphatic rings. The first kappa shape index (κ1) is 18.9. The van der Waals surface area contributed by atoms with Crippen molar-refractivity contribution in [3.63, 3.8) is 0 Å². The summed E-state index contributed by atoms with van der Waals surface area (Å²) in [5.41, 5.74) is 8.17. The Morgan fingerprint density at radius 1 is 1.27 bits per heavy atom. The van der Waals surface area contributed by atoms with Crippen LogP contribution in [0.25, 0.3) is 0 Å². The van der Waals surface area contributed by atoms with E-state index in [-0.39, 0.29) is 11.5 Å². The molecule has 0 amide bonds. The van der Waals surface area contributed by atoms with Gasteiger partial charge in [0.05, 0.1) is 12.7 Å². The SMILES string of the molecule is CCOc1ccc(C(C)(C)C)cc1C(O)C(N)CCN(C)C. The average molecular weight is 308 g/mol. The van der Waals surface area contributed by atoms with Crippen LogP contribution in [-0.2, 0) is 5.41 Å². The molecule has 126 valence electrons. The summed E-state index contributed by atoms with van der Waals surface area (Å²) >= 11 is 0. The second kappa shape index (κ2) is 7.95. The first-order valence-electron chi connectivity index (χ1n) is 8.02. The zero-order valence-corrected chi connectivity index (χ0v) is 14.9. The number of rotatable bonds is 7. The highest BCUT2D eigenvalue weighted by atomic mass is 16.5. The maximum atomic E-state index is 10.7. The van der Waals surface area contributed by atoms with Gasteiger partial charge in [-0.15, -0.1) is 0 Å². The molecule has 0 radical (unpaired) electrons. The number of ether oxygens (including phenoxy) is 1. The van der Waals surface area contributed by atoms with Crippen LogP contribution in [0.5, 0.6) is 5.75 Å². The molecular formula is C18H32N2O2.